The molecule has 0 spiro atoms. The molecule has 0 aliphatic carbocycles. The van der Waals surface area contributed by atoms with Gasteiger partial charge in [0.25, 0.3) is 0 Å². The first-order valence-corrected chi connectivity index (χ1v) is 13.2. The van der Waals surface area contributed by atoms with Crippen molar-refractivity contribution in [2.24, 2.45) is 0 Å². The van der Waals surface area contributed by atoms with E-state index in [0.717, 1.165) is 12.0 Å². The summed E-state index contributed by atoms with van der Waals surface area (Å²) in [7, 11) is 1.53. The smallest absolute Gasteiger partial charge is 0.342 e. The zero-order valence-electron chi connectivity index (χ0n) is 22.2. The van der Waals surface area contributed by atoms with E-state index in [1.165, 1.54) is 12.7 Å². The van der Waals surface area contributed by atoms with E-state index >= 15 is 0 Å². The Morgan fingerprint density at radius 2 is 1.76 bits per heavy atom. The molecule has 2 atom stereocenters. The highest BCUT2D eigenvalue weighted by molar-refractivity contribution is 5.99. The number of methoxy groups -OCH3 is 1. The maximum Gasteiger partial charge on any atom is 0.342 e. The van der Waals surface area contributed by atoms with E-state index in [2.05, 4.69) is 26.0 Å². The van der Waals surface area contributed by atoms with Gasteiger partial charge in [0.1, 0.15) is 22.8 Å². The molecule has 0 bridgehead atoms. The Balaban J connectivity index is 1.83. The topological polar surface area (TPSA) is 78.9 Å². The van der Waals surface area contributed by atoms with Gasteiger partial charge >= 0.3 is 11.9 Å². The molecule has 0 fully saturated rings. The molecule has 6 nitrogen and oxygen atoms in total. The Kier molecular flexibility index (Phi) is 8.47. The van der Waals surface area contributed by atoms with Crippen LogP contribution in [0.25, 0.3) is 6.08 Å². The van der Waals surface area contributed by atoms with Gasteiger partial charge in [-0.25, -0.2) is 4.79 Å². The standard InChI is InChI=1S/C31H36O6/c1-19(2)21-13-15-22(16-14-21)25-18-27(33)37-26-17-23-10-6-5-7-11-24(32)12-8-9-20(3)36-31(34)28(23)30(35-4)29(25)26/h6,10,13-17,19-20,25H,5,7-9,11-12,18H2,1-4H3/t20-,25-/m0/s1. The van der Waals surface area contributed by atoms with Crippen LogP contribution in [0, 0.1) is 0 Å². The van der Waals surface area contributed by atoms with Gasteiger partial charge < -0.3 is 14.2 Å². The number of Topliss-reactive ketones (excluding diaryl/α,β-unsaturated/α-hetero) is 1. The molecule has 2 aliphatic heterocycles. The number of allylic oxidation sites excluding steroid dienone is 1. The molecule has 2 heterocycles. The maximum absolute atomic E-state index is 13.5. The molecule has 2 aromatic carbocycles. The molecular weight excluding hydrogens is 468 g/mol. The average Bonchev–Trinajstić information content (AvgIpc) is 2.86. The summed E-state index contributed by atoms with van der Waals surface area (Å²) in [4.78, 5) is 38.3. The van der Waals surface area contributed by atoms with Crippen LogP contribution in [0.2, 0.25) is 0 Å². The second-order valence-electron chi connectivity index (χ2n) is 10.3. The Hall–Kier alpha value is -3.41. The SMILES string of the molecule is COc1c2c(cc3c1[C@H](c1ccc(C(C)C)cc1)CC(=O)O3)C=CCCCC(=O)CCC[C@H](C)OC2=O. The van der Waals surface area contributed by atoms with E-state index in [-0.39, 0.29) is 30.2 Å². The summed E-state index contributed by atoms with van der Waals surface area (Å²) in [5, 5.41) is 0. The fraction of sp³-hybridized carbons (Fsp3) is 0.452. The van der Waals surface area contributed by atoms with E-state index in [1.54, 1.807) is 6.07 Å². The molecule has 4 rings (SSSR count). The largest absolute Gasteiger partial charge is 0.495 e. The van der Waals surface area contributed by atoms with E-state index in [1.807, 2.05) is 31.2 Å². The number of rotatable bonds is 3. The normalized spacial score (nSPS) is 20.9. The Morgan fingerprint density at radius 1 is 1.03 bits per heavy atom. The quantitative estimate of drug-likeness (QED) is 0.340. The lowest BCUT2D eigenvalue weighted by molar-refractivity contribution is -0.135. The highest BCUT2D eigenvalue weighted by atomic mass is 16.5. The molecule has 196 valence electrons. The predicted octanol–water partition coefficient (Wildman–Crippen LogP) is 6.74. The number of cyclic esters (lactones) is 1. The van der Waals surface area contributed by atoms with E-state index < -0.39 is 5.97 Å². The number of esters is 2. The lowest BCUT2D eigenvalue weighted by atomic mass is 9.83. The van der Waals surface area contributed by atoms with Crippen LogP contribution < -0.4 is 9.47 Å². The fourth-order valence-electron chi connectivity index (χ4n) is 5.11. The minimum Gasteiger partial charge on any atom is -0.495 e. The molecule has 0 N–H and O–H groups in total. The second-order valence-corrected chi connectivity index (χ2v) is 10.3. The molecule has 2 aromatic rings. The molecule has 0 radical (unpaired) electrons. The third kappa shape index (κ3) is 6.12. The van der Waals surface area contributed by atoms with Crippen molar-refractivity contribution in [1.29, 1.82) is 0 Å². The molecule has 6 heteroatoms. The van der Waals surface area contributed by atoms with Crippen LogP contribution in [0.3, 0.4) is 0 Å². The first kappa shape index (κ1) is 26.6. The number of carbonyl (C=O) groups is 3. The summed E-state index contributed by atoms with van der Waals surface area (Å²) >= 11 is 0. The third-order valence-corrected chi connectivity index (χ3v) is 7.17. The molecule has 37 heavy (non-hydrogen) atoms. The van der Waals surface area contributed by atoms with Gasteiger partial charge in [-0.05, 0) is 61.3 Å². The van der Waals surface area contributed by atoms with E-state index in [0.29, 0.717) is 66.2 Å². The van der Waals surface area contributed by atoms with Gasteiger partial charge in [-0.15, -0.1) is 0 Å². The van der Waals surface area contributed by atoms with E-state index in [9.17, 15) is 14.4 Å². The highest BCUT2D eigenvalue weighted by Crippen LogP contribution is 2.47. The Morgan fingerprint density at radius 3 is 2.46 bits per heavy atom. The van der Waals surface area contributed by atoms with Crippen LogP contribution in [0.1, 0.15) is 110 Å². The van der Waals surface area contributed by atoms with Crippen molar-refractivity contribution in [3.63, 3.8) is 0 Å². The Bertz CT molecular complexity index is 1190. The van der Waals surface area contributed by atoms with Gasteiger partial charge in [0, 0.05) is 24.3 Å². The minimum atomic E-state index is -0.485. The number of hydrogen-bond acceptors (Lipinski definition) is 6. The number of hydrogen-bond donors (Lipinski definition) is 0. The molecule has 0 saturated heterocycles. The van der Waals surface area contributed by atoms with Crippen LogP contribution in [-0.2, 0) is 14.3 Å². The number of fused-ring (bicyclic) bond motifs is 2. The third-order valence-electron chi connectivity index (χ3n) is 7.17. The number of ketones is 1. The van der Waals surface area contributed by atoms with Crippen LogP contribution in [0.15, 0.2) is 36.4 Å². The molecule has 2 aliphatic rings. The fourth-order valence-corrected chi connectivity index (χ4v) is 5.11. The summed E-state index contributed by atoms with van der Waals surface area (Å²) in [6.07, 6.45) is 7.34. The van der Waals surface area contributed by atoms with Gasteiger partial charge in [0.05, 0.1) is 19.6 Å². The van der Waals surface area contributed by atoms with Crippen LogP contribution in [-0.4, -0.2) is 30.9 Å². The Labute approximate surface area is 219 Å². The zero-order chi connectivity index (χ0) is 26.5. The predicted molar refractivity (Wildman–Crippen MR) is 142 cm³/mol. The maximum atomic E-state index is 13.5. The number of ether oxygens (including phenoxy) is 3. The molecular formula is C31H36O6. The van der Waals surface area contributed by atoms with Crippen LogP contribution in [0.4, 0.5) is 0 Å². The minimum absolute atomic E-state index is 0.151. The number of carbonyl (C=O) groups excluding carboxylic acids is 3. The summed E-state index contributed by atoms with van der Waals surface area (Å²) < 4.78 is 17.4. The van der Waals surface area contributed by atoms with Crippen molar-refractivity contribution in [3.8, 4) is 11.5 Å². The van der Waals surface area contributed by atoms with Crippen molar-refractivity contribution in [2.45, 2.75) is 83.7 Å². The molecule has 0 amide bonds. The van der Waals surface area contributed by atoms with Crippen molar-refractivity contribution in [1.82, 2.24) is 0 Å². The van der Waals surface area contributed by atoms with Gasteiger partial charge in [0.2, 0.25) is 0 Å². The molecule has 0 saturated carbocycles. The van der Waals surface area contributed by atoms with Crippen molar-refractivity contribution in [2.75, 3.05) is 7.11 Å². The van der Waals surface area contributed by atoms with Crippen LogP contribution in [0.5, 0.6) is 11.5 Å². The summed E-state index contributed by atoms with van der Waals surface area (Å²) in [5.74, 6) is 0.274. The highest BCUT2D eigenvalue weighted by Gasteiger charge is 2.36. The second kappa shape index (κ2) is 11.8. The first-order valence-electron chi connectivity index (χ1n) is 13.2. The van der Waals surface area contributed by atoms with Gasteiger partial charge in [0.15, 0.2) is 0 Å². The lowest BCUT2D eigenvalue weighted by Gasteiger charge is -2.29. The summed E-state index contributed by atoms with van der Waals surface area (Å²) in [6.45, 7) is 6.12. The zero-order valence-corrected chi connectivity index (χ0v) is 22.2. The van der Waals surface area contributed by atoms with Crippen molar-refractivity contribution >= 4 is 23.8 Å². The molecule has 0 unspecified atom stereocenters. The van der Waals surface area contributed by atoms with Crippen LogP contribution >= 0.6 is 0 Å². The summed E-state index contributed by atoms with van der Waals surface area (Å²) in [5.41, 5.74) is 3.76. The first-order chi connectivity index (χ1) is 17.8. The van der Waals surface area contributed by atoms with Gasteiger partial charge in [-0.2, -0.15) is 0 Å². The van der Waals surface area contributed by atoms with Gasteiger partial charge in [-0.3, -0.25) is 9.59 Å². The molecule has 0 aromatic heterocycles. The van der Waals surface area contributed by atoms with Crippen molar-refractivity contribution in [3.05, 3.63) is 64.2 Å². The monoisotopic (exact) mass is 504 g/mol. The van der Waals surface area contributed by atoms with E-state index in [4.69, 9.17) is 14.2 Å². The van der Waals surface area contributed by atoms with Gasteiger partial charge in [-0.1, -0.05) is 50.3 Å². The number of benzene rings is 2. The average molecular weight is 505 g/mol. The lowest BCUT2D eigenvalue weighted by Crippen LogP contribution is -2.24. The van der Waals surface area contributed by atoms with Crippen molar-refractivity contribution < 1.29 is 28.6 Å². The summed E-state index contributed by atoms with van der Waals surface area (Å²) in [6, 6.07) is 9.97.